The number of halogens is 2. The summed E-state index contributed by atoms with van der Waals surface area (Å²) in [6, 6.07) is 12.2. The van der Waals surface area contributed by atoms with E-state index in [1.165, 1.54) is 10.5 Å². The molecule has 0 aliphatic heterocycles. The number of nitrogens with zero attached hydrogens (tertiary/aromatic N) is 2. The van der Waals surface area contributed by atoms with Gasteiger partial charge in [0.05, 0.1) is 0 Å². The van der Waals surface area contributed by atoms with Crippen LogP contribution in [-0.2, 0) is 0 Å². The first kappa shape index (κ1) is 15.9. The van der Waals surface area contributed by atoms with Gasteiger partial charge in [0.15, 0.2) is 5.95 Å². The van der Waals surface area contributed by atoms with Crippen LogP contribution < -0.4 is 0 Å². The molecule has 0 N–H and O–H groups in total. The highest BCUT2D eigenvalue weighted by molar-refractivity contribution is 8.35. The van der Waals surface area contributed by atoms with Crippen molar-refractivity contribution in [3.8, 4) is 22.4 Å². The van der Waals surface area contributed by atoms with E-state index in [1.807, 2.05) is 12.1 Å². The van der Waals surface area contributed by atoms with Crippen LogP contribution in [0.4, 0.5) is 4.39 Å². The number of pyridine rings is 1. The molecule has 0 atom stereocenters. The zero-order valence-electron chi connectivity index (χ0n) is 13.1. The van der Waals surface area contributed by atoms with Crippen LogP contribution in [0.2, 0.25) is 5.02 Å². The second-order valence-corrected chi connectivity index (χ2v) is 10.2. The highest BCUT2D eigenvalue weighted by Gasteiger charge is 2.15. The van der Waals surface area contributed by atoms with Gasteiger partial charge in [0.25, 0.3) is 0 Å². The largest absolute Gasteiger partial charge is 0.261 e. The summed E-state index contributed by atoms with van der Waals surface area (Å²) in [5.41, 5.74) is 2.65. The molecular weight excluding hydrogens is 331 g/mol. The molecule has 0 saturated heterocycles. The zero-order chi connectivity index (χ0) is 16.6. The molecule has 0 unspecified atom stereocenters. The summed E-state index contributed by atoms with van der Waals surface area (Å²) in [6.45, 7) is 0. The Bertz CT molecular complexity index is 928. The van der Waals surface area contributed by atoms with E-state index in [2.05, 4.69) is 34.9 Å². The lowest BCUT2D eigenvalue weighted by Crippen LogP contribution is -1.96. The lowest BCUT2D eigenvalue weighted by Gasteiger charge is -2.14. The van der Waals surface area contributed by atoms with Crippen LogP contribution >= 0.6 is 21.6 Å². The average molecular weight is 347 g/mol. The van der Waals surface area contributed by atoms with Gasteiger partial charge >= 0.3 is 0 Å². The number of fused-ring (bicyclic) bond motifs is 1. The number of imidazole rings is 1. The van der Waals surface area contributed by atoms with Gasteiger partial charge in [-0.1, -0.05) is 29.8 Å². The van der Waals surface area contributed by atoms with Gasteiger partial charge in [-0.3, -0.25) is 4.40 Å². The van der Waals surface area contributed by atoms with Crippen LogP contribution in [0.3, 0.4) is 0 Å². The van der Waals surface area contributed by atoms with Gasteiger partial charge in [-0.15, -0.1) is 0 Å². The number of hydrogen-bond acceptors (Lipinski definition) is 1. The Morgan fingerprint density at radius 1 is 1.09 bits per heavy atom. The lowest BCUT2D eigenvalue weighted by atomic mass is 10.1. The first-order valence-corrected chi connectivity index (χ1v) is 10.2. The fourth-order valence-corrected chi connectivity index (χ4v) is 2.71. The molecule has 5 heteroatoms. The molecule has 2 aromatic heterocycles. The third-order valence-corrected chi connectivity index (χ3v) is 4.16. The molecule has 118 valence electrons. The van der Waals surface area contributed by atoms with Crippen molar-refractivity contribution in [1.29, 1.82) is 0 Å². The number of hydrogen-bond donors (Lipinski definition) is 0. The Hall–Kier alpha value is -1.96. The standard InChI is InChI=1S/C18H16ClFN2S/c1-23(2,3)12-11-15-18(13-7-9-14(19)10-8-13)21-17-6-4-5-16(20)22(15)17/h4-10H,1-3H3. The fraction of sp³-hybridized carbons (Fsp3) is 0.167. The summed E-state index contributed by atoms with van der Waals surface area (Å²) in [5.74, 6) is 2.77. The van der Waals surface area contributed by atoms with E-state index in [-0.39, 0.29) is 5.95 Å². The Morgan fingerprint density at radius 2 is 1.78 bits per heavy atom. The van der Waals surface area contributed by atoms with Gasteiger partial charge in [0.2, 0.25) is 0 Å². The first-order chi connectivity index (χ1) is 10.8. The molecule has 3 rings (SSSR count). The van der Waals surface area contributed by atoms with E-state index in [0.717, 1.165) is 5.56 Å². The van der Waals surface area contributed by atoms with E-state index in [4.69, 9.17) is 11.6 Å². The van der Waals surface area contributed by atoms with Gasteiger partial charge in [0, 0.05) is 10.6 Å². The number of benzene rings is 1. The Morgan fingerprint density at radius 3 is 2.43 bits per heavy atom. The van der Waals surface area contributed by atoms with Crippen LogP contribution in [0.25, 0.3) is 16.9 Å². The van der Waals surface area contributed by atoms with Crippen LogP contribution in [0, 0.1) is 17.1 Å². The Labute approximate surface area is 141 Å². The molecule has 0 radical (unpaired) electrons. The van der Waals surface area contributed by atoms with Gasteiger partial charge in [-0.25, -0.2) is 4.98 Å². The molecule has 2 nitrogen and oxygen atoms in total. The Kier molecular flexibility index (Phi) is 4.09. The molecule has 2 heterocycles. The van der Waals surface area contributed by atoms with E-state index in [9.17, 15) is 4.39 Å². The molecule has 0 amide bonds. The summed E-state index contributed by atoms with van der Waals surface area (Å²) < 4.78 is 15.8. The van der Waals surface area contributed by atoms with Crippen molar-refractivity contribution in [2.45, 2.75) is 0 Å². The van der Waals surface area contributed by atoms with Crippen LogP contribution in [0.1, 0.15) is 5.69 Å². The minimum absolute atomic E-state index is 0.372. The molecule has 0 bridgehead atoms. The van der Waals surface area contributed by atoms with Crippen molar-refractivity contribution in [3.63, 3.8) is 0 Å². The maximum atomic E-state index is 14.3. The maximum Gasteiger partial charge on any atom is 0.200 e. The van der Waals surface area contributed by atoms with Crippen molar-refractivity contribution in [2.75, 3.05) is 18.8 Å². The second-order valence-electron chi connectivity index (χ2n) is 5.92. The quantitative estimate of drug-likeness (QED) is 0.457. The molecule has 0 aliphatic carbocycles. The first-order valence-electron chi connectivity index (χ1n) is 6.99. The minimum atomic E-state index is -1.03. The summed E-state index contributed by atoms with van der Waals surface area (Å²) in [6.07, 6.45) is 6.30. The third-order valence-electron chi connectivity index (χ3n) is 3.19. The van der Waals surface area contributed by atoms with Crippen molar-refractivity contribution >= 4 is 27.3 Å². The molecule has 0 spiro atoms. The summed E-state index contributed by atoms with van der Waals surface area (Å²) >= 11 is 5.95. The number of aromatic nitrogens is 2. The number of rotatable bonds is 1. The van der Waals surface area contributed by atoms with Gasteiger partial charge < -0.3 is 0 Å². The monoisotopic (exact) mass is 346 g/mol. The fourth-order valence-electron chi connectivity index (χ4n) is 2.18. The molecule has 0 aliphatic rings. The van der Waals surface area contributed by atoms with Crippen molar-refractivity contribution in [1.82, 2.24) is 9.38 Å². The SMILES string of the molecule is CS(C)(C)C#Cc1c(-c2ccc(Cl)cc2)nc2cccc(F)n12. The predicted molar refractivity (Wildman–Crippen MR) is 97.8 cm³/mol. The van der Waals surface area contributed by atoms with Crippen molar-refractivity contribution in [2.24, 2.45) is 0 Å². The molecular formula is C18H16ClFN2S. The van der Waals surface area contributed by atoms with Crippen molar-refractivity contribution in [3.05, 3.63) is 59.1 Å². The van der Waals surface area contributed by atoms with Crippen LogP contribution in [0.5, 0.6) is 0 Å². The predicted octanol–water partition coefficient (Wildman–Crippen LogP) is 4.80. The average Bonchev–Trinajstić information content (AvgIpc) is 2.85. The van der Waals surface area contributed by atoms with E-state index in [1.54, 1.807) is 24.3 Å². The van der Waals surface area contributed by atoms with Gasteiger partial charge in [-0.2, -0.15) is 14.4 Å². The summed E-state index contributed by atoms with van der Waals surface area (Å²) in [7, 11) is -1.03. The van der Waals surface area contributed by atoms with Crippen LogP contribution in [0.15, 0.2) is 42.5 Å². The highest BCUT2D eigenvalue weighted by Crippen LogP contribution is 2.33. The smallest absolute Gasteiger partial charge is 0.200 e. The molecule has 3 aromatic rings. The highest BCUT2D eigenvalue weighted by atomic mass is 35.5. The molecule has 1 aromatic carbocycles. The van der Waals surface area contributed by atoms with E-state index < -0.39 is 10.0 Å². The molecule has 0 saturated carbocycles. The zero-order valence-corrected chi connectivity index (χ0v) is 14.7. The normalized spacial score (nSPS) is 12.0. The summed E-state index contributed by atoms with van der Waals surface area (Å²) in [4.78, 5) is 4.56. The lowest BCUT2D eigenvalue weighted by molar-refractivity contribution is 0.566. The summed E-state index contributed by atoms with van der Waals surface area (Å²) in [5, 5.41) is 3.89. The Balaban J connectivity index is 2.30. The van der Waals surface area contributed by atoms with Gasteiger partial charge in [0.1, 0.15) is 17.0 Å². The second kappa shape index (κ2) is 5.92. The van der Waals surface area contributed by atoms with Crippen molar-refractivity contribution < 1.29 is 4.39 Å². The minimum Gasteiger partial charge on any atom is -0.261 e. The van der Waals surface area contributed by atoms with E-state index >= 15 is 0 Å². The van der Waals surface area contributed by atoms with Gasteiger partial charge in [-0.05, 0) is 54.2 Å². The molecule has 0 fully saturated rings. The topological polar surface area (TPSA) is 17.3 Å². The third kappa shape index (κ3) is 3.36. The maximum absolute atomic E-state index is 14.3. The van der Waals surface area contributed by atoms with E-state index in [0.29, 0.717) is 22.1 Å². The molecule has 23 heavy (non-hydrogen) atoms. The van der Waals surface area contributed by atoms with Crippen LogP contribution in [-0.4, -0.2) is 28.2 Å².